The molecule has 0 aromatic heterocycles. The number of fused-ring (bicyclic) bond motifs is 1. The summed E-state index contributed by atoms with van der Waals surface area (Å²) < 4.78 is 33.3. The lowest BCUT2D eigenvalue weighted by Gasteiger charge is -2.21. The Morgan fingerprint density at radius 1 is 1.07 bits per heavy atom. The SMILES string of the molecule is COc1ccc(Cl)cc1S(=O)(=O)N1CCc2ccc(C(=O)Nc3ccccc3)cc21. The highest BCUT2D eigenvalue weighted by Crippen LogP contribution is 2.37. The molecule has 0 saturated carbocycles. The Kier molecular flexibility index (Phi) is 5.40. The van der Waals surface area contributed by atoms with E-state index in [0.717, 1.165) is 5.56 Å². The highest BCUT2D eigenvalue weighted by atomic mass is 35.5. The predicted molar refractivity (Wildman–Crippen MR) is 117 cm³/mol. The van der Waals surface area contributed by atoms with Crippen LogP contribution in [0.2, 0.25) is 5.02 Å². The van der Waals surface area contributed by atoms with Crippen LogP contribution in [0.3, 0.4) is 0 Å². The third-order valence-electron chi connectivity index (χ3n) is 4.93. The van der Waals surface area contributed by atoms with Crippen LogP contribution in [-0.2, 0) is 16.4 Å². The summed E-state index contributed by atoms with van der Waals surface area (Å²) in [6.45, 7) is 0.275. The average Bonchev–Trinajstić information content (AvgIpc) is 3.18. The van der Waals surface area contributed by atoms with Crippen LogP contribution >= 0.6 is 11.6 Å². The van der Waals surface area contributed by atoms with E-state index >= 15 is 0 Å². The molecule has 154 valence electrons. The van der Waals surface area contributed by atoms with Gasteiger partial charge in [0.15, 0.2) is 0 Å². The van der Waals surface area contributed by atoms with E-state index in [4.69, 9.17) is 16.3 Å². The van der Waals surface area contributed by atoms with Crippen LogP contribution in [0.1, 0.15) is 15.9 Å². The Labute approximate surface area is 180 Å². The second kappa shape index (κ2) is 8.01. The van der Waals surface area contributed by atoms with E-state index in [0.29, 0.717) is 28.4 Å². The van der Waals surface area contributed by atoms with Gasteiger partial charge in [-0.1, -0.05) is 35.9 Å². The minimum Gasteiger partial charge on any atom is -0.495 e. The van der Waals surface area contributed by atoms with Gasteiger partial charge in [0, 0.05) is 22.8 Å². The normalized spacial score (nSPS) is 13.1. The Morgan fingerprint density at radius 2 is 1.83 bits per heavy atom. The molecule has 4 rings (SSSR count). The third-order valence-corrected chi connectivity index (χ3v) is 7.00. The van der Waals surface area contributed by atoms with Crippen molar-refractivity contribution in [2.45, 2.75) is 11.3 Å². The summed E-state index contributed by atoms with van der Waals surface area (Å²) in [4.78, 5) is 12.7. The van der Waals surface area contributed by atoms with Gasteiger partial charge in [0.25, 0.3) is 15.9 Å². The molecule has 8 heteroatoms. The standard InChI is InChI=1S/C22H19ClN2O4S/c1-29-20-10-9-17(23)14-21(20)30(27,28)25-12-11-15-7-8-16(13-19(15)25)22(26)24-18-5-3-2-4-6-18/h2-10,13-14H,11-12H2,1H3,(H,24,26). The average molecular weight is 443 g/mol. The molecule has 6 nitrogen and oxygen atoms in total. The number of amides is 1. The number of nitrogens with one attached hydrogen (secondary N) is 1. The van der Waals surface area contributed by atoms with Gasteiger partial charge in [0.1, 0.15) is 10.6 Å². The summed E-state index contributed by atoms with van der Waals surface area (Å²) in [6, 6.07) is 18.6. The topological polar surface area (TPSA) is 75.7 Å². The van der Waals surface area contributed by atoms with Gasteiger partial charge < -0.3 is 10.1 Å². The second-order valence-electron chi connectivity index (χ2n) is 6.79. The zero-order valence-corrected chi connectivity index (χ0v) is 17.7. The van der Waals surface area contributed by atoms with E-state index in [1.54, 1.807) is 36.4 Å². The van der Waals surface area contributed by atoms with E-state index in [1.807, 2.05) is 18.2 Å². The molecular weight excluding hydrogens is 424 g/mol. The number of nitrogens with zero attached hydrogens (tertiary/aromatic N) is 1. The van der Waals surface area contributed by atoms with Crippen LogP contribution in [0, 0.1) is 0 Å². The van der Waals surface area contributed by atoms with Crippen molar-refractivity contribution >= 4 is 38.9 Å². The van der Waals surface area contributed by atoms with Gasteiger partial charge in [-0.25, -0.2) is 8.42 Å². The van der Waals surface area contributed by atoms with Crippen LogP contribution < -0.4 is 14.4 Å². The first kappa shape index (κ1) is 20.3. The number of benzene rings is 3. The number of rotatable bonds is 5. The first-order valence-electron chi connectivity index (χ1n) is 9.26. The molecule has 0 fully saturated rings. The van der Waals surface area contributed by atoms with Crippen LogP contribution in [0.15, 0.2) is 71.6 Å². The molecule has 3 aromatic carbocycles. The fraction of sp³-hybridized carbons (Fsp3) is 0.136. The first-order chi connectivity index (χ1) is 14.4. The Balaban J connectivity index is 1.69. The number of anilines is 2. The number of carbonyl (C=O) groups excluding carboxylic acids is 1. The lowest BCUT2D eigenvalue weighted by molar-refractivity contribution is 0.102. The number of hydrogen-bond acceptors (Lipinski definition) is 4. The largest absolute Gasteiger partial charge is 0.495 e. The summed E-state index contributed by atoms with van der Waals surface area (Å²) in [5, 5.41) is 3.11. The maximum atomic E-state index is 13.4. The highest BCUT2D eigenvalue weighted by molar-refractivity contribution is 7.93. The van der Waals surface area contributed by atoms with Crippen LogP contribution in [0.25, 0.3) is 0 Å². The number of hydrogen-bond donors (Lipinski definition) is 1. The minimum absolute atomic E-state index is 0.00973. The molecule has 0 aliphatic carbocycles. The lowest BCUT2D eigenvalue weighted by atomic mass is 10.1. The molecule has 3 aromatic rings. The molecule has 0 radical (unpaired) electrons. The van der Waals surface area contributed by atoms with Gasteiger partial charge in [-0.2, -0.15) is 0 Å². The maximum absolute atomic E-state index is 13.4. The number of methoxy groups -OCH3 is 1. The minimum atomic E-state index is -3.93. The molecule has 0 unspecified atom stereocenters. The summed E-state index contributed by atoms with van der Waals surface area (Å²) in [7, 11) is -2.52. The molecule has 0 atom stereocenters. The number of para-hydroxylation sites is 1. The molecular formula is C22H19ClN2O4S. The Morgan fingerprint density at radius 3 is 2.57 bits per heavy atom. The van der Waals surface area contributed by atoms with Crippen molar-refractivity contribution in [2.75, 3.05) is 23.3 Å². The Bertz CT molecular complexity index is 1210. The van der Waals surface area contributed by atoms with Gasteiger partial charge in [0.2, 0.25) is 0 Å². The summed E-state index contributed by atoms with van der Waals surface area (Å²) in [5.41, 5.74) is 2.38. The van der Waals surface area contributed by atoms with E-state index in [1.165, 1.54) is 23.5 Å². The fourth-order valence-electron chi connectivity index (χ4n) is 3.44. The zero-order chi connectivity index (χ0) is 21.3. The molecule has 0 spiro atoms. The van der Waals surface area contributed by atoms with E-state index in [-0.39, 0.29) is 23.1 Å². The summed E-state index contributed by atoms with van der Waals surface area (Å²) in [6.07, 6.45) is 0.554. The number of halogens is 1. The molecule has 0 saturated heterocycles. The van der Waals surface area contributed by atoms with E-state index in [9.17, 15) is 13.2 Å². The molecule has 1 aliphatic rings. The smallest absolute Gasteiger partial charge is 0.268 e. The monoisotopic (exact) mass is 442 g/mol. The fourth-order valence-corrected chi connectivity index (χ4v) is 5.35. The van der Waals surface area contributed by atoms with Gasteiger partial charge >= 0.3 is 0 Å². The predicted octanol–water partition coefficient (Wildman–Crippen LogP) is 4.35. The second-order valence-corrected chi connectivity index (χ2v) is 9.05. The van der Waals surface area contributed by atoms with Gasteiger partial charge in [-0.15, -0.1) is 0 Å². The summed E-state index contributed by atoms with van der Waals surface area (Å²) >= 11 is 6.04. The number of carbonyl (C=O) groups is 1. The van der Waals surface area contributed by atoms with E-state index < -0.39 is 10.0 Å². The zero-order valence-electron chi connectivity index (χ0n) is 16.1. The first-order valence-corrected chi connectivity index (χ1v) is 11.1. The molecule has 1 heterocycles. The summed E-state index contributed by atoms with van der Waals surface area (Å²) in [5.74, 6) is -0.0978. The number of sulfonamides is 1. The van der Waals surface area contributed by atoms with Gasteiger partial charge in [-0.05, 0) is 54.4 Å². The van der Waals surface area contributed by atoms with E-state index in [2.05, 4.69) is 5.32 Å². The van der Waals surface area contributed by atoms with Crippen molar-refractivity contribution in [1.29, 1.82) is 0 Å². The molecule has 0 bridgehead atoms. The van der Waals surface area contributed by atoms with Crippen molar-refractivity contribution in [1.82, 2.24) is 0 Å². The molecule has 1 N–H and O–H groups in total. The van der Waals surface area contributed by atoms with Crippen molar-refractivity contribution in [3.63, 3.8) is 0 Å². The molecule has 1 amide bonds. The van der Waals surface area contributed by atoms with Crippen molar-refractivity contribution in [3.8, 4) is 5.75 Å². The third kappa shape index (κ3) is 3.74. The maximum Gasteiger partial charge on any atom is 0.268 e. The lowest BCUT2D eigenvalue weighted by Crippen LogP contribution is -2.29. The van der Waals surface area contributed by atoms with Crippen molar-refractivity contribution < 1.29 is 17.9 Å². The molecule has 1 aliphatic heterocycles. The van der Waals surface area contributed by atoms with Crippen LogP contribution in [0.5, 0.6) is 5.75 Å². The van der Waals surface area contributed by atoms with Crippen LogP contribution in [0.4, 0.5) is 11.4 Å². The Hall–Kier alpha value is -3.03. The van der Waals surface area contributed by atoms with Crippen molar-refractivity contribution in [2.24, 2.45) is 0 Å². The molecule has 30 heavy (non-hydrogen) atoms. The van der Waals surface area contributed by atoms with Gasteiger partial charge in [0.05, 0.1) is 12.8 Å². The number of ether oxygens (including phenoxy) is 1. The van der Waals surface area contributed by atoms with Crippen molar-refractivity contribution in [3.05, 3.63) is 82.9 Å². The van der Waals surface area contributed by atoms with Gasteiger partial charge in [-0.3, -0.25) is 9.10 Å². The quantitative estimate of drug-likeness (QED) is 0.637. The highest BCUT2D eigenvalue weighted by Gasteiger charge is 2.33. The van der Waals surface area contributed by atoms with Crippen LogP contribution in [-0.4, -0.2) is 28.0 Å².